The first-order valence-corrected chi connectivity index (χ1v) is 7.98. The van der Waals surface area contributed by atoms with E-state index in [2.05, 4.69) is 65.4 Å². The molecule has 0 saturated heterocycles. The van der Waals surface area contributed by atoms with Crippen molar-refractivity contribution in [2.75, 3.05) is 12.4 Å². The highest BCUT2D eigenvalue weighted by atomic mass is 79.9. The summed E-state index contributed by atoms with van der Waals surface area (Å²) >= 11 is 3.54. The van der Waals surface area contributed by atoms with Crippen LogP contribution < -0.4 is 10.1 Å². The molecule has 2 aromatic rings. The molecule has 1 aliphatic rings. The molecule has 0 heterocycles. The number of rotatable bonds is 3. The van der Waals surface area contributed by atoms with Gasteiger partial charge in [-0.15, -0.1) is 0 Å². The van der Waals surface area contributed by atoms with Crippen LogP contribution in [0.5, 0.6) is 5.75 Å². The molecule has 0 amide bonds. The molecule has 1 unspecified atom stereocenters. The van der Waals surface area contributed by atoms with Crippen LogP contribution in [-0.4, -0.2) is 7.11 Å². The van der Waals surface area contributed by atoms with Crippen molar-refractivity contribution in [3.05, 3.63) is 58.1 Å². The minimum atomic E-state index is 0.194. The van der Waals surface area contributed by atoms with Crippen LogP contribution in [0, 0.1) is 5.41 Å². The van der Waals surface area contributed by atoms with Crippen molar-refractivity contribution in [1.82, 2.24) is 0 Å². The number of anilines is 1. The second-order valence-electron chi connectivity index (χ2n) is 6.32. The van der Waals surface area contributed by atoms with E-state index in [4.69, 9.17) is 4.74 Å². The molecule has 110 valence electrons. The third-order valence-corrected chi connectivity index (χ3v) is 4.67. The summed E-state index contributed by atoms with van der Waals surface area (Å²) in [5.41, 5.74) is 4.12. The van der Waals surface area contributed by atoms with Gasteiger partial charge in [0.1, 0.15) is 5.75 Å². The number of halogens is 1. The van der Waals surface area contributed by atoms with Crippen molar-refractivity contribution in [3.63, 3.8) is 0 Å². The van der Waals surface area contributed by atoms with Gasteiger partial charge in [0.05, 0.1) is 13.2 Å². The Morgan fingerprint density at radius 1 is 1.19 bits per heavy atom. The molecule has 0 saturated carbocycles. The first-order valence-electron chi connectivity index (χ1n) is 7.18. The van der Waals surface area contributed by atoms with Crippen LogP contribution in [0.4, 0.5) is 5.69 Å². The van der Waals surface area contributed by atoms with Crippen LogP contribution >= 0.6 is 15.9 Å². The lowest BCUT2D eigenvalue weighted by atomic mass is 9.85. The largest absolute Gasteiger partial charge is 0.497 e. The number of fused-ring (bicyclic) bond motifs is 1. The van der Waals surface area contributed by atoms with Crippen LogP contribution in [-0.2, 0) is 6.42 Å². The van der Waals surface area contributed by atoms with E-state index in [1.165, 1.54) is 11.1 Å². The molecule has 1 atom stereocenters. The number of hydrogen-bond acceptors (Lipinski definition) is 2. The topological polar surface area (TPSA) is 21.3 Å². The highest BCUT2D eigenvalue weighted by Gasteiger charge is 2.38. The lowest BCUT2D eigenvalue weighted by Gasteiger charge is -2.29. The van der Waals surface area contributed by atoms with E-state index in [1.54, 1.807) is 7.11 Å². The van der Waals surface area contributed by atoms with Gasteiger partial charge in [0.25, 0.3) is 0 Å². The molecule has 2 nitrogen and oxygen atoms in total. The van der Waals surface area contributed by atoms with Crippen LogP contribution in [0.25, 0.3) is 0 Å². The molecule has 0 fully saturated rings. The fourth-order valence-corrected chi connectivity index (χ4v) is 3.67. The Kier molecular flexibility index (Phi) is 3.70. The van der Waals surface area contributed by atoms with E-state index in [1.807, 2.05) is 12.1 Å². The Morgan fingerprint density at radius 2 is 1.95 bits per heavy atom. The lowest BCUT2D eigenvalue weighted by Crippen LogP contribution is -2.24. The number of nitrogens with one attached hydrogen (secondary N) is 1. The second-order valence-corrected chi connectivity index (χ2v) is 7.24. The normalized spacial score (nSPS) is 19.1. The predicted molar refractivity (Wildman–Crippen MR) is 91.0 cm³/mol. The summed E-state index contributed by atoms with van der Waals surface area (Å²) in [6, 6.07) is 15.1. The summed E-state index contributed by atoms with van der Waals surface area (Å²) in [5.74, 6) is 0.857. The van der Waals surface area contributed by atoms with Crippen molar-refractivity contribution in [3.8, 4) is 5.75 Å². The van der Waals surface area contributed by atoms with Crippen LogP contribution in [0.3, 0.4) is 0 Å². The Hall–Kier alpha value is -1.48. The van der Waals surface area contributed by atoms with Crippen molar-refractivity contribution < 1.29 is 4.74 Å². The maximum atomic E-state index is 5.35. The van der Waals surface area contributed by atoms with Gasteiger partial charge in [-0.2, -0.15) is 0 Å². The SMILES string of the molecule is COc1cc(Br)cc(NC2c3ccccc3CC2(C)C)c1. The predicted octanol–water partition coefficient (Wildman–Crippen LogP) is 5.19. The number of ether oxygens (including phenoxy) is 1. The molecule has 0 bridgehead atoms. The summed E-state index contributed by atoms with van der Waals surface area (Å²) in [5, 5.41) is 3.69. The highest BCUT2D eigenvalue weighted by Crippen LogP contribution is 2.47. The molecule has 2 aromatic carbocycles. The summed E-state index contributed by atoms with van der Waals surface area (Å²) in [7, 11) is 1.69. The van der Waals surface area contributed by atoms with E-state index in [0.29, 0.717) is 6.04 Å². The molecule has 0 aliphatic heterocycles. The van der Waals surface area contributed by atoms with Gasteiger partial charge in [0.2, 0.25) is 0 Å². The van der Waals surface area contributed by atoms with Gasteiger partial charge < -0.3 is 10.1 Å². The fraction of sp³-hybridized carbons (Fsp3) is 0.333. The summed E-state index contributed by atoms with van der Waals surface area (Å²) in [4.78, 5) is 0. The maximum Gasteiger partial charge on any atom is 0.122 e. The number of hydrogen-bond donors (Lipinski definition) is 1. The molecule has 0 spiro atoms. The van der Waals surface area contributed by atoms with E-state index in [-0.39, 0.29) is 5.41 Å². The standard InChI is InChI=1S/C18H20BrNO/c1-18(2)11-12-6-4-5-7-16(12)17(18)20-14-8-13(19)9-15(10-14)21-3/h4-10,17,20H,11H2,1-3H3. The summed E-state index contributed by atoms with van der Waals surface area (Å²) in [6.45, 7) is 4.64. The zero-order valence-corrected chi connectivity index (χ0v) is 14.2. The molecule has 3 heteroatoms. The first-order chi connectivity index (χ1) is 9.99. The molecule has 0 radical (unpaired) electrons. The van der Waals surface area contributed by atoms with Crippen molar-refractivity contribution in [1.29, 1.82) is 0 Å². The third-order valence-electron chi connectivity index (χ3n) is 4.21. The van der Waals surface area contributed by atoms with Gasteiger partial charge in [-0.1, -0.05) is 54.0 Å². The molecule has 0 aromatic heterocycles. The number of methoxy groups -OCH3 is 1. The Morgan fingerprint density at radius 3 is 2.71 bits per heavy atom. The minimum Gasteiger partial charge on any atom is -0.497 e. The summed E-state index contributed by atoms with van der Waals surface area (Å²) < 4.78 is 6.37. The van der Waals surface area contributed by atoms with Crippen LogP contribution in [0.15, 0.2) is 46.9 Å². The molecule has 21 heavy (non-hydrogen) atoms. The van der Waals surface area contributed by atoms with Crippen LogP contribution in [0.1, 0.15) is 31.0 Å². The summed E-state index contributed by atoms with van der Waals surface area (Å²) in [6.07, 6.45) is 1.10. The van der Waals surface area contributed by atoms with Crippen molar-refractivity contribution in [2.45, 2.75) is 26.3 Å². The third kappa shape index (κ3) is 2.80. The van der Waals surface area contributed by atoms with Crippen molar-refractivity contribution in [2.24, 2.45) is 5.41 Å². The van der Waals surface area contributed by atoms with Gasteiger partial charge in [-0.25, -0.2) is 0 Å². The van der Waals surface area contributed by atoms with Gasteiger partial charge in [-0.3, -0.25) is 0 Å². The molecule has 3 rings (SSSR count). The van der Waals surface area contributed by atoms with Gasteiger partial charge >= 0.3 is 0 Å². The minimum absolute atomic E-state index is 0.194. The Labute approximate surface area is 134 Å². The zero-order valence-electron chi connectivity index (χ0n) is 12.6. The quantitative estimate of drug-likeness (QED) is 0.825. The van der Waals surface area contributed by atoms with E-state index < -0.39 is 0 Å². The van der Waals surface area contributed by atoms with Gasteiger partial charge in [0.15, 0.2) is 0 Å². The maximum absolute atomic E-state index is 5.35. The second kappa shape index (κ2) is 5.38. The zero-order chi connectivity index (χ0) is 15.0. The Bertz CT molecular complexity index is 666. The molecule has 1 N–H and O–H groups in total. The number of benzene rings is 2. The van der Waals surface area contributed by atoms with Crippen molar-refractivity contribution >= 4 is 21.6 Å². The molecular weight excluding hydrogens is 326 g/mol. The van der Waals surface area contributed by atoms with E-state index in [0.717, 1.165) is 22.3 Å². The smallest absolute Gasteiger partial charge is 0.122 e. The van der Waals surface area contributed by atoms with Gasteiger partial charge in [0, 0.05) is 16.2 Å². The first kappa shape index (κ1) is 14.5. The van der Waals surface area contributed by atoms with E-state index in [9.17, 15) is 0 Å². The molecule has 1 aliphatic carbocycles. The average Bonchev–Trinajstić information content (AvgIpc) is 2.69. The highest BCUT2D eigenvalue weighted by molar-refractivity contribution is 9.10. The molecular formula is C18H20BrNO. The average molecular weight is 346 g/mol. The fourth-order valence-electron chi connectivity index (χ4n) is 3.19. The van der Waals surface area contributed by atoms with Gasteiger partial charge in [-0.05, 0) is 35.1 Å². The van der Waals surface area contributed by atoms with E-state index >= 15 is 0 Å². The lowest BCUT2D eigenvalue weighted by molar-refractivity contribution is 0.337. The monoisotopic (exact) mass is 345 g/mol. The van der Waals surface area contributed by atoms with Crippen LogP contribution in [0.2, 0.25) is 0 Å². The Balaban J connectivity index is 1.95.